The number of pyridine rings is 1. The zero-order valence-corrected chi connectivity index (χ0v) is 8.08. The van der Waals surface area contributed by atoms with Crippen molar-refractivity contribution < 1.29 is 23.0 Å². The summed E-state index contributed by atoms with van der Waals surface area (Å²) in [6.45, 7) is -0.527. The largest absolute Gasteiger partial charge is 0.573 e. The Bertz CT molecular complexity index is 382. The maximum absolute atomic E-state index is 12.0. The van der Waals surface area contributed by atoms with Gasteiger partial charge in [-0.05, 0) is 11.6 Å². The maximum Gasteiger partial charge on any atom is 0.573 e. The summed E-state index contributed by atoms with van der Waals surface area (Å²) in [5, 5.41) is 8.86. The average Bonchev–Trinajstić information content (AvgIpc) is 2.18. The Morgan fingerprint density at radius 1 is 1.44 bits per heavy atom. The Morgan fingerprint density at radius 2 is 2.06 bits per heavy atom. The first-order valence-corrected chi connectivity index (χ1v) is 4.22. The summed E-state index contributed by atoms with van der Waals surface area (Å²) in [6.07, 6.45) is -4.84. The van der Waals surface area contributed by atoms with E-state index in [1.807, 2.05) is 0 Å². The van der Waals surface area contributed by atoms with Crippen LogP contribution in [0.1, 0.15) is 11.3 Å². The van der Waals surface area contributed by atoms with E-state index in [0.29, 0.717) is 0 Å². The number of ether oxygens (including phenoxy) is 1. The van der Waals surface area contributed by atoms with Crippen molar-refractivity contribution in [2.45, 2.75) is 19.5 Å². The van der Waals surface area contributed by atoms with Gasteiger partial charge < -0.3 is 21.3 Å². The highest BCUT2D eigenvalue weighted by Gasteiger charge is 2.32. The van der Waals surface area contributed by atoms with Crippen LogP contribution in [0.15, 0.2) is 6.07 Å². The van der Waals surface area contributed by atoms with E-state index in [4.69, 9.17) is 16.6 Å². The molecule has 1 aromatic heterocycles. The first-order valence-electron chi connectivity index (χ1n) is 4.22. The van der Waals surface area contributed by atoms with Gasteiger partial charge in [0.25, 0.3) is 0 Å². The van der Waals surface area contributed by atoms with Gasteiger partial charge in [-0.1, -0.05) is 0 Å². The minimum Gasteiger partial charge on any atom is -0.402 e. The third-order valence-electron chi connectivity index (χ3n) is 1.78. The first kappa shape index (κ1) is 12.5. The van der Waals surface area contributed by atoms with E-state index in [1.165, 1.54) is 0 Å². The topological polar surface area (TPSA) is 94.4 Å². The number of anilines is 1. The van der Waals surface area contributed by atoms with Crippen LogP contribution in [0, 0.1) is 0 Å². The second kappa shape index (κ2) is 4.54. The lowest BCUT2D eigenvalue weighted by molar-refractivity contribution is -0.274. The summed E-state index contributed by atoms with van der Waals surface area (Å²) >= 11 is 0. The molecule has 1 heterocycles. The number of rotatable bonds is 3. The molecule has 16 heavy (non-hydrogen) atoms. The van der Waals surface area contributed by atoms with Crippen molar-refractivity contribution in [3.8, 4) is 5.75 Å². The SMILES string of the molecule is NCc1cc(OC(F)(F)F)c(N)nc1CO. The van der Waals surface area contributed by atoms with Gasteiger partial charge in [0.1, 0.15) is 0 Å². The molecule has 0 unspecified atom stereocenters. The number of nitrogens with zero attached hydrogens (tertiary/aromatic N) is 1. The highest BCUT2D eigenvalue weighted by molar-refractivity contribution is 5.49. The van der Waals surface area contributed by atoms with Crippen LogP contribution in [0.25, 0.3) is 0 Å². The Labute approximate surface area is 88.8 Å². The summed E-state index contributed by atoms with van der Waals surface area (Å²) in [7, 11) is 0. The number of aliphatic hydroxyl groups excluding tert-OH is 1. The molecule has 0 radical (unpaired) electrons. The van der Waals surface area contributed by atoms with Crippen molar-refractivity contribution in [3.05, 3.63) is 17.3 Å². The number of nitrogens with two attached hydrogens (primary N) is 2. The summed E-state index contributed by atoms with van der Waals surface area (Å²) in [6, 6.07) is 1.02. The van der Waals surface area contributed by atoms with E-state index >= 15 is 0 Å². The van der Waals surface area contributed by atoms with Gasteiger partial charge in [0, 0.05) is 6.54 Å². The van der Waals surface area contributed by atoms with Gasteiger partial charge >= 0.3 is 6.36 Å². The van der Waals surface area contributed by atoms with Gasteiger partial charge in [0.05, 0.1) is 12.3 Å². The molecule has 0 spiro atoms. The Balaban J connectivity index is 3.11. The second-order valence-corrected chi connectivity index (χ2v) is 2.89. The smallest absolute Gasteiger partial charge is 0.402 e. The van der Waals surface area contributed by atoms with Crippen molar-refractivity contribution >= 4 is 5.82 Å². The fraction of sp³-hybridized carbons (Fsp3) is 0.375. The molecule has 0 aliphatic rings. The lowest BCUT2D eigenvalue weighted by Crippen LogP contribution is -2.19. The molecule has 0 amide bonds. The highest BCUT2D eigenvalue weighted by Crippen LogP contribution is 2.28. The second-order valence-electron chi connectivity index (χ2n) is 2.89. The van der Waals surface area contributed by atoms with E-state index in [1.54, 1.807) is 0 Å². The number of aliphatic hydroxyl groups is 1. The number of alkyl halides is 3. The number of halogens is 3. The lowest BCUT2D eigenvalue weighted by Gasteiger charge is -2.13. The predicted octanol–water partition coefficient (Wildman–Crippen LogP) is 0.513. The third kappa shape index (κ3) is 2.97. The molecule has 0 aliphatic heterocycles. The lowest BCUT2D eigenvalue weighted by atomic mass is 10.2. The van der Waals surface area contributed by atoms with Crippen molar-refractivity contribution in [1.82, 2.24) is 4.98 Å². The zero-order chi connectivity index (χ0) is 12.3. The molecule has 0 saturated heterocycles. The van der Waals surface area contributed by atoms with Crippen LogP contribution in [-0.4, -0.2) is 16.5 Å². The Kier molecular flexibility index (Phi) is 3.55. The minimum absolute atomic E-state index is 0.0720. The van der Waals surface area contributed by atoms with E-state index in [9.17, 15) is 13.2 Å². The molecule has 0 aromatic carbocycles. The molecule has 5 nitrogen and oxygen atoms in total. The summed E-state index contributed by atoms with van der Waals surface area (Å²) in [4.78, 5) is 3.57. The van der Waals surface area contributed by atoms with Crippen molar-refractivity contribution in [2.75, 3.05) is 5.73 Å². The van der Waals surface area contributed by atoms with Crippen LogP contribution in [-0.2, 0) is 13.2 Å². The maximum atomic E-state index is 12.0. The van der Waals surface area contributed by atoms with Gasteiger partial charge in [-0.3, -0.25) is 0 Å². The predicted molar refractivity (Wildman–Crippen MR) is 49.1 cm³/mol. The van der Waals surface area contributed by atoms with Gasteiger partial charge in [-0.2, -0.15) is 0 Å². The normalized spacial score (nSPS) is 11.6. The molecule has 0 fully saturated rings. The molecular weight excluding hydrogens is 227 g/mol. The standard InChI is InChI=1S/C8H10F3N3O2/c9-8(10,11)16-6-1-4(2-12)5(3-15)14-7(6)13/h1,15H,2-3,12H2,(H2,13,14). The quantitative estimate of drug-likeness (QED) is 0.712. The summed E-state index contributed by atoms with van der Waals surface area (Å²) in [5.74, 6) is -1.07. The zero-order valence-electron chi connectivity index (χ0n) is 8.08. The number of hydrogen-bond acceptors (Lipinski definition) is 5. The van der Waals surface area contributed by atoms with E-state index in [2.05, 4.69) is 9.72 Å². The Hall–Kier alpha value is -1.54. The molecule has 0 bridgehead atoms. The summed E-state index contributed by atoms with van der Waals surface area (Å²) < 4.78 is 39.5. The van der Waals surface area contributed by atoms with E-state index < -0.39 is 24.5 Å². The van der Waals surface area contributed by atoms with Gasteiger partial charge in [-0.15, -0.1) is 13.2 Å². The number of nitrogen functional groups attached to an aromatic ring is 1. The van der Waals surface area contributed by atoms with Crippen LogP contribution in [0.3, 0.4) is 0 Å². The first-order chi connectivity index (χ1) is 7.37. The molecule has 5 N–H and O–H groups in total. The molecule has 8 heteroatoms. The van der Waals surface area contributed by atoms with Crippen molar-refractivity contribution in [3.63, 3.8) is 0 Å². The molecule has 90 valence electrons. The van der Waals surface area contributed by atoms with Crippen LogP contribution in [0.5, 0.6) is 5.75 Å². The molecular formula is C8H10F3N3O2. The number of hydrogen-bond donors (Lipinski definition) is 3. The fourth-order valence-electron chi connectivity index (χ4n) is 1.11. The van der Waals surface area contributed by atoms with Gasteiger partial charge in [0.2, 0.25) is 0 Å². The van der Waals surface area contributed by atoms with E-state index in [0.717, 1.165) is 6.07 Å². The summed E-state index contributed by atoms with van der Waals surface area (Å²) in [5.41, 5.74) is 10.9. The van der Waals surface area contributed by atoms with Crippen LogP contribution < -0.4 is 16.2 Å². The van der Waals surface area contributed by atoms with Gasteiger partial charge in [0.15, 0.2) is 11.6 Å². The van der Waals surface area contributed by atoms with Crippen molar-refractivity contribution in [1.29, 1.82) is 0 Å². The molecule has 0 aliphatic carbocycles. The molecule has 0 saturated carbocycles. The molecule has 1 aromatic rings. The molecule has 1 rings (SSSR count). The number of aromatic nitrogens is 1. The van der Waals surface area contributed by atoms with Crippen LogP contribution in [0.4, 0.5) is 19.0 Å². The Morgan fingerprint density at radius 3 is 2.50 bits per heavy atom. The fourth-order valence-corrected chi connectivity index (χ4v) is 1.11. The minimum atomic E-state index is -4.84. The third-order valence-corrected chi connectivity index (χ3v) is 1.78. The van der Waals surface area contributed by atoms with E-state index in [-0.39, 0.29) is 17.8 Å². The van der Waals surface area contributed by atoms with Gasteiger partial charge in [-0.25, -0.2) is 4.98 Å². The highest BCUT2D eigenvalue weighted by atomic mass is 19.4. The molecule has 0 atom stereocenters. The monoisotopic (exact) mass is 237 g/mol. The van der Waals surface area contributed by atoms with Crippen LogP contribution >= 0.6 is 0 Å². The van der Waals surface area contributed by atoms with Crippen LogP contribution in [0.2, 0.25) is 0 Å². The van der Waals surface area contributed by atoms with Crippen molar-refractivity contribution in [2.24, 2.45) is 5.73 Å². The average molecular weight is 237 g/mol.